The molecule has 3 nitrogen and oxygen atoms in total. The lowest BCUT2D eigenvalue weighted by Crippen LogP contribution is -2.47. The van der Waals surface area contributed by atoms with Gasteiger partial charge in [0.15, 0.2) is 0 Å². The molecule has 0 saturated carbocycles. The molecule has 116 valence electrons. The van der Waals surface area contributed by atoms with Crippen LogP contribution in [0.15, 0.2) is 22.7 Å². The molecule has 1 aliphatic rings. The van der Waals surface area contributed by atoms with Gasteiger partial charge in [-0.2, -0.15) is 0 Å². The van der Waals surface area contributed by atoms with Crippen molar-refractivity contribution in [2.75, 3.05) is 20.1 Å². The summed E-state index contributed by atoms with van der Waals surface area (Å²) in [5.41, 5.74) is 1.88. The van der Waals surface area contributed by atoms with Gasteiger partial charge in [0.05, 0.1) is 0 Å². The number of nitrogens with zero attached hydrogens (tertiary/aromatic N) is 2. The highest BCUT2D eigenvalue weighted by Gasteiger charge is 2.26. The van der Waals surface area contributed by atoms with Gasteiger partial charge in [0.1, 0.15) is 0 Å². The molecule has 1 aromatic rings. The molecule has 0 aromatic heterocycles. The Hall–Kier alpha value is -0.870. The van der Waals surface area contributed by atoms with Crippen molar-refractivity contribution in [3.63, 3.8) is 0 Å². The molecule has 0 N–H and O–H groups in total. The van der Waals surface area contributed by atoms with Crippen molar-refractivity contribution in [1.82, 2.24) is 9.80 Å². The normalized spacial score (nSPS) is 17.2. The van der Waals surface area contributed by atoms with E-state index in [4.69, 9.17) is 0 Å². The fraction of sp³-hybridized carbons (Fsp3) is 0.588. The zero-order chi connectivity index (χ0) is 15.6. The Morgan fingerprint density at radius 3 is 2.48 bits per heavy atom. The van der Waals surface area contributed by atoms with E-state index in [0.717, 1.165) is 41.5 Å². The van der Waals surface area contributed by atoms with Gasteiger partial charge in [0.25, 0.3) is 5.91 Å². The summed E-state index contributed by atoms with van der Waals surface area (Å²) in [6, 6.07) is 6.78. The number of piperidine rings is 1. The molecule has 0 atom stereocenters. The van der Waals surface area contributed by atoms with E-state index in [2.05, 4.69) is 34.7 Å². The molecule has 1 heterocycles. The minimum atomic E-state index is 0.133. The number of likely N-dealkylation sites (tertiary alicyclic amines) is 1. The summed E-state index contributed by atoms with van der Waals surface area (Å²) in [6.45, 7) is 8.65. The topological polar surface area (TPSA) is 23.6 Å². The van der Waals surface area contributed by atoms with Crippen LogP contribution < -0.4 is 0 Å². The number of halogens is 1. The summed E-state index contributed by atoms with van der Waals surface area (Å²) < 4.78 is 1.05. The number of benzene rings is 1. The molecule has 0 radical (unpaired) electrons. The van der Waals surface area contributed by atoms with Gasteiger partial charge in [0, 0.05) is 42.3 Å². The van der Waals surface area contributed by atoms with E-state index in [9.17, 15) is 4.79 Å². The van der Waals surface area contributed by atoms with Crippen molar-refractivity contribution in [2.24, 2.45) is 0 Å². The zero-order valence-corrected chi connectivity index (χ0v) is 15.0. The van der Waals surface area contributed by atoms with E-state index in [1.807, 2.05) is 37.1 Å². The minimum Gasteiger partial charge on any atom is -0.339 e. The molecule has 1 aliphatic heterocycles. The average molecular weight is 353 g/mol. The second kappa shape index (κ2) is 6.93. The molecule has 21 heavy (non-hydrogen) atoms. The Kier molecular flexibility index (Phi) is 5.44. The van der Waals surface area contributed by atoms with Crippen LogP contribution in [-0.4, -0.2) is 47.9 Å². The Bertz CT molecular complexity index is 508. The molecule has 1 aromatic carbocycles. The quantitative estimate of drug-likeness (QED) is 0.827. The first-order valence-electron chi connectivity index (χ1n) is 7.67. The van der Waals surface area contributed by atoms with Crippen molar-refractivity contribution in [1.29, 1.82) is 0 Å². The molecule has 0 unspecified atom stereocenters. The van der Waals surface area contributed by atoms with Gasteiger partial charge in [-0.25, -0.2) is 0 Å². The molecule has 4 heteroatoms. The Balaban J connectivity index is 2.01. The van der Waals surface area contributed by atoms with Crippen LogP contribution in [-0.2, 0) is 0 Å². The van der Waals surface area contributed by atoms with E-state index in [-0.39, 0.29) is 5.91 Å². The Morgan fingerprint density at radius 1 is 1.33 bits per heavy atom. The molecular weight excluding hydrogens is 328 g/mol. The number of carbonyl (C=O) groups excluding carboxylic acids is 1. The summed E-state index contributed by atoms with van der Waals surface area (Å²) in [5.74, 6) is 0.133. The SMILES string of the molecule is Cc1cc(C(=O)N(C)C2CCN(C(C)C)CC2)ccc1Br. The van der Waals surface area contributed by atoms with E-state index in [0.29, 0.717) is 12.1 Å². The lowest BCUT2D eigenvalue weighted by Gasteiger charge is -2.38. The maximum atomic E-state index is 12.6. The number of carbonyl (C=O) groups is 1. The second-order valence-corrected chi connectivity index (χ2v) is 7.10. The largest absolute Gasteiger partial charge is 0.339 e. The van der Waals surface area contributed by atoms with Crippen LogP contribution in [0.5, 0.6) is 0 Å². The third-order valence-electron chi connectivity index (χ3n) is 4.50. The summed E-state index contributed by atoms with van der Waals surface area (Å²) in [5, 5.41) is 0. The predicted molar refractivity (Wildman–Crippen MR) is 90.7 cm³/mol. The molecule has 0 bridgehead atoms. The van der Waals surface area contributed by atoms with Crippen LogP contribution in [0.1, 0.15) is 42.6 Å². The average Bonchev–Trinajstić information content (AvgIpc) is 2.48. The van der Waals surface area contributed by atoms with Crippen LogP contribution in [0.2, 0.25) is 0 Å². The van der Waals surface area contributed by atoms with Crippen LogP contribution >= 0.6 is 15.9 Å². The summed E-state index contributed by atoms with van der Waals surface area (Å²) in [6.07, 6.45) is 2.13. The number of aryl methyl sites for hydroxylation is 1. The lowest BCUT2D eigenvalue weighted by atomic mass is 10.0. The highest BCUT2D eigenvalue weighted by Crippen LogP contribution is 2.21. The predicted octanol–water partition coefficient (Wildman–Crippen LogP) is 3.70. The van der Waals surface area contributed by atoms with Crippen LogP contribution in [0.4, 0.5) is 0 Å². The smallest absolute Gasteiger partial charge is 0.253 e. The van der Waals surface area contributed by atoms with Crippen molar-refractivity contribution in [3.8, 4) is 0 Å². The van der Waals surface area contributed by atoms with Gasteiger partial charge >= 0.3 is 0 Å². The number of hydrogen-bond acceptors (Lipinski definition) is 2. The third-order valence-corrected chi connectivity index (χ3v) is 5.39. The molecule has 0 spiro atoms. The minimum absolute atomic E-state index is 0.133. The monoisotopic (exact) mass is 352 g/mol. The van der Waals surface area contributed by atoms with Crippen LogP contribution in [0, 0.1) is 6.92 Å². The molecule has 1 fully saturated rings. The molecule has 1 amide bonds. The summed E-state index contributed by atoms with van der Waals surface area (Å²) >= 11 is 3.48. The standard InChI is InChI=1S/C17H25BrN2O/c1-12(2)20-9-7-15(8-10-20)19(4)17(21)14-5-6-16(18)13(3)11-14/h5-6,11-12,15H,7-10H2,1-4H3. The van der Waals surface area contributed by atoms with Gasteiger partial charge in [-0.15, -0.1) is 0 Å². The van der Waals surface area contributed by atoms with Gasteiger partial charge in [-0.1, -0.05) is 15.9 Å². The van der Waals surface area contributed by atoms with Crippen LogP contribution in [0.25, 0.3) is 0 Å². The first-order chi connectivity index (χ1) is 9.90. The number of hydrogen-bond donors (Lipinski definition) is 0. The van der Waals surface area contributed by atoms with E-state index < -0.39 is 0 Å². The molecule has 2 rings (SSSR count). The fourth-order valence-electron chi connectivity index (χ4n) is 2.94. The first kappa shape index (κ1) is 16.5. The Morgan fingerprint density at radius 2 is 1.95 bits per heavy atom. The van der Waals surface area contributed by atoms with Gasteiger partial charge in [-0.05, 0) is 57.4 Å². The number of rotatable bonds is 3. The third kappa shape index (κ3) is 3.86. The maximum absolute atomic E-state index is 12.6. The maximum Gasteiger partial charge on any atom is 0.253 e. The second-order valence-electron chi connectivity index (χ2n) is 6.24. The lowest BCUT2D eigenvalue weighted by molar-refractivity contribution is 0.0615. The molecule has 1 saturated heterocycles. The Labute approximate surface area is 136 Å². The van der Waals surface area contributed by atoms with Crippen molar-refractivity contribution in [2.45, 2.75) is 45.7 Å². The van der Waals surface area contributed by atoms with Crippen LogP contribution in [0.3, 0.4) is 0 Å². The van der Waals surface area contributed by atoms with Gasteiger partial charge < -0.3 is 9.80 Å². The first-order valence-corrected chi connectivity index (χ1v) is 8.47. The number of amides is 1. The van der Waals surface area contributed by atoms with Crippen molar-refractivity contribution < 1.29 is 4.79 Å². The molecular formula is C17H25BrN2O. The van der Waals surface area contributed by atoms with E-state index >= 15 is 0 Å². The summed E-state index contributed by atoms with van der Waals surface area (Å²) in [4.78, 5) is 17.0. The summed E-state index contributed by atoms with van der Waals surface area (Å²) in [7, 11) is 1.94. The van der Waals surface area contributed by atoms with Gasteiger partial charge in [0.2, 0.25) is 0 Å². The van der Waals surface area contributed by atoms with E-state index in [1.54, 1.807) is 0 Å². The zero-order valence-electron chi connectivity index (χ0n) is 13.4. The highest BCUT2D eigenvalue weighted by molar-refractivity contribution is 9.10. The van der Waals surface area contributed by atoms with E-state index in [1.165, 1.54) is 0 Å². The van der Waals surface area contributed by atoms with Crippen molar-refractivity contribution in [3.05, 3.63) is 33.8 Å². The fourth-order valence-corrected chi connectivity index (χ4v) is 3.18. The van der Waals surface area contributed by atoms with Crippen molar-refractivity contribution >= 4 is 21.8 Å². The highest BCUT2D eigenvalue weighted by atomic mass is 79.9. The molecule has 0 aliphatic carbocycles. The van der Waals surface area contributed by atoms with Gasteiger partial charge in [-0.3, -0.25) is 4.79 Å².